The molecule has 144 valence electrons. The molecule has 2 amide bonds. The average Bonchev–Trinajstić information content (AvgIpc) is 3.19. The lowest BCUT2D eigenvalue weighted by Gasteiger charge is -2.15. The van der Waals surface area contributed by atoms with Crippen molar-refractivity contribution < 1.29 is 9.59 Å². The van der Waals surface area contributed by atoms with Gasteiger partial charge in [0.2, 0.25) is 5.91 Å². The summed E-state index contributed by atoms with van der Waals surface area (Å²) in [6.45, 7) is 1.38. The molecule has 1 saturated heterocycles. The number of imidazole rings is 1. The van der Waals surface area contributed by atoms with Crippen LogP contribution in [0.3, 0.4) is 0 Å². The number of carbonyl (C=O) groups is 2. The molecule has 1 aliphatic rings. The predicted octanol–water partition coefficient (Wildman–Crippen LogP) is 2.25. The third-order valence-electron chi connectivity index (χ3n) is 5.29. The molecule has 0 bridgehead atoms. The second-order valence-corrected chi connectivity index (χ2v) is 7.17. The predicted molar refractivity (Wildman–Crippen MR) is 107 cm³/mol. The maximum atomic E-state index is 12.6. The molecule has 0 spiro atoms. The maximum absolute atomic E-state index is 12.6. The van der Waals surface area contributed by atoms with E-state index in [9.17, 15) is 14.4 Å². The normalized spacial score (nSPS) is 14.1. The number of carbonyl (C=O) groups excluding carboxylic acids is 2. The minimum Gasteiger partial charge on any atom is -0.338 e. The van der Waals surface area contributed by atoms with Gasteiger partial charge in [0, 0.05) is 44.9 Å². The van der Waals surface area contributed by atoms with E-state index in [4.69, 9.17) is 0 Å². The van der Waals surface area contributed by atoms with Crippen molar-refractivity contribution >= 4 is 28.5 Å². The highest BCUT2D eigenvalue weighted by atomic mass is 16.2. The minimum absolute atomic E-state index is 0.106. The van der Waals surface area contributed by atoms with Crippen molar-refractivity contribution in [3.63, 3.8) is 0 Å². The van der Waals surface area contributed by atoms with Crippen molar-refractivity contribution in [2.75, 3.05) is 11.9 Å². The number of aryl methyl sites for hydroxylation is 2. The molecule has 0 unspecified atom stereocenters. The van der Waals surface area contributed by atoms with E-state index in [2.05, 4.69) is 5.32 Å². The molecular weight excluding hydrogens is 356 g/mol. The molecule has 7 heteroatoms. The molecule has 0 atom stereocenters. The number of rotatable bonds is 4. The van der Waals surface area contributed by atoms with Crippen LogP contribution in [-0.2, 0) is 25.4 Å². The number of nitrogens with zero attached hydrogens (tertiary/aromatic N) is 3. The Morgan fingerprint density at radius 1 is 1.00 bits per heavy atom. The van der Waals surface area contributed by atoms with Gasteiger partial charge in [-0.05, 0) is 42.3 Å². The van der Waals surface area contributed by atoms with Crippen molar-refractivity contribution in [1.29, 1.82) is 0 Å². The minimum atomic E-state index is -0.218. The summed E-state index contributed by atoms with van der Waals surface area (Å²) in [6, 6.07) is 12.7. The molecular formula is C21H22N4O3. The van der Waals surface area contributed by atoms with Crippen LogP contribution in [0.25, 0.3) is 11.0 Å². The van der Waals surface area contributed by atoms with Gasteiger partial charge in [0.05, 0.1) is 11.0 Å². The van der Waals surface area contributed by atoms with E-state index in [1.54, 1.807) is 47.5 Å². The Morgan fingerprint density at radius 2 is 1.71 bits per heavy atom. The van der Waals surface area contributed by atoms with Crippen LogP contribution in [-0.4, -0.2) is 32.4 Å². The van der Waals surface area contributed by atoms with E-state index in [1.165, 1.54) is 0 Å². The Morgan fingerprint density at radius 3 is 2.39 bits per heavy atom. The second kappa shape index (κ2) is 6.99. The van der Waals surface area contributed by atoms with Gasteiger partial charge in [0.25, 0.3) is 5.91 Å². The fraction of sp³-hybridized carbons (Fsp3) is 0.286. The van der Waals surface area contributed by atoms with Crippen LogP contribution in [0.1, 0.15) is 28.8 Å². The number of benzene rings is 2. The average molecular weight is 378 g/mol. The van der Waals surface area contributed by atoms with E-state index in [1.807, 2.05) is 23.1 Å². The third-order valence-corrected chi connectivity index (χ3v) is 5.29. The SMILES string of the molecule is Cn1c(=O)n(C)c2cc(NC(=O)c3ccc(CN4CCCC4=O)cc3)ccc21. The summed E-state index contributed by atoms with van der Waals surface area (Å²) in [5, 5.41) is 2.88. The van der Waals surface area contributed by atoms with E-state index in [0.29, 0.717) is 24.2 Å². The van der Waals surface area contributed by atoms with Gasteiger partial charge in [-0.1, -0.05) is 12.1 Å². The first-order chi connectivity index (χ1) is 13.4. The van der Waals surface area contributed by atoms with Crippen LogP contribution in [0.2, 0.25) is 0 Å². The van der Waals surface area contributed by atoms with Crippen LogP contribution in [0.15, 0.2) is 47.3 Å². The van der Waals surface area contributed by atoms with Gasteiger partial charge in [0.1, 0.15) is 0 Å². The van der Waals surface area contributed by atoms with Gasteiger partial charge in [0.15, 0.2) is 0 Å². The van der Waals surface area contributed by atoms with E-state index in [0.717, 1.165) is 29.6 Å². The topological polar surface area (TPSA) is 76.3 Å². The Labute approximate surface area is 162 Å². The lowest BCUT2D eigenvalue weighted by atomic mass is 10.1. The molecule has 4 rings (SSSR count). The zero-order valence-corrected chi connectivity index (χ0v) is 15.9. The Kier molecular flexibility index (Phi) is 4.50. The number of fused-ring (bicyclic) bond motifs is 1. The molecule has 0 saturated carbocycles. The van der Waals surface area contributed by atoms with Gasteiger partial charge in [-0.15, -0.1) is 0 Å². The fourth-order valence-electron chi connectivity index (χ4n) is 3.64. The molecule has 1 N–H and O–H groups in total. The summed E-state index contributed by atoms with van der Waals surface area (Å²) >= 11 is 0. The maximum Gasteiger partial charge on any atom is 0.328 e. The molecule has 0 radical (unpaired) electrons. The number of amides is 2. The number of likely N-dealkylation sites (tertiary alicyclic amines) is 1. The monoisotopic (exact) mass is 378 g/mol. The zero-order valence-electron chi connectivity index (χ0n) is 15.9. The fourth-order valence-corrected chi connectivity index (χ4v) is 3.64. The van der Waals surface area contributed by atoms with Crippen molar-refractivity contribution in [2.45, 2.75) is 19.4 Å². The molecule has 7 nitrogen and oxygen atoms in total. The number of aromatic nitrogens is 2. The first-order valence-electron chi connectivity index (χ1n) is 9.27. The van der Waals surface area contributed by atoms with Crippen molar-refractivity contribution in [1.82, 2.24) is 14.0 Å². The number of hydrogen-bond donors (Lipinski definition) is 1. The molecule has 1 fully saturated rings. The molecule has 2 aromatic carbocycles. The first-order valence-corrected chi connectivity index (χ1v) is 9.27. The molecule has 2 heterocycles. The largest absolute Gasteiger partial charge is 0.338 e. The van der Waals surface area contributed by atoms with Gasteiger partial charge in [-0.3, -0.25) is 18.7 Å². The van der Waals surface area contributed by atoms with Crippen molar-refractivity contribution in [3.05, 3.63) is 64.1 Å². The van der Waals surface area contributed by atoms with Gasteiger partial charge in [-0.2, -0.15) is 0 Å². The van der Waals surface area contributed by atoms with E-state index < -0.39 is 0 Å². The van der Waals surface area contributed by atoms with E-state index >= 15 is 0 Å². The highest BCUT2D eigenvalue weighted by Crippen LogP contribution is 2.19. The zero-order chi connectivity index (χ0) is 19.8. The lowest BCUT2D eigenvalue weighted by Crippen LogP contribution is -2.23. The molecule has 1 aliphatic heterocycles. The first kappa shape index (κ1) is 18.0. The number of hydrogen-bond acceptors (Lipinski definition) is 3. The number of nitrogens with one attached hydrogen (secondary N) is 1. The van der Waals surface area contributed by atoms with Gasteiger partial charge < -0.3 is 10.2 Å². The Bertz CT molecular complexity index is 1120. The molecule has 3 aromatic rings. The molecule has 1 aromatic heterocycles. The Balaban J connectivity index is 1.49. The lowest BCUT2D eigenvalue weighted by molar-refractivity contribution is -0.128. The summed E-state index contributed by atoms with van der Waals surface area (Å²) in [5.41, 5.74) is 3.64. The Hall–Kier alpha value is -3.35. The van der Waals surface area contributed by atoms with Crippen LogP contribution in [0.4, 0.5) is 5.69 Å². The van der Waals surface area contributed by atoms with Crippen molar-refractivity contribution in [3.8, 4) is 0 Å². The van der Waals surface area contributed by atoms with Crippen LogP contribution < -0.4 is 11.0 Å². The third kappa shape index (κ3) is 3.19. The van der Waals surface area contributed by atoms with Crippen LogP contribution in [0.5, 0.6) is 0 Å². The summed E-state index contributed by atoms with van der Waals surface area (Å²) in [5.74, 6) is -0.0309. The summed E-state index contributed by atoms with van der Waals surface area (Å²) in [4.78, 5) is 38.2. The summed E-state index contributed by atoms with van der Waals surface area (Å²) in [6.07, 6.45) is 1.54. The van der Waals surface area contributed by atoms with E-state index in [-0.39, 0.29) is 17.5 Å². The highest BCUT2D eigenvalue weighted by molar-refractivity contribution is 6.05. The van der Waals surface area contributed by atoms with Crippen LogP contribution in [0, 0.1) is 0 Å². The standard InChI is InChI=1S/C21H22N4O3/c1-23-17-10-9-16(12-18(17)24(2)21(23)28)22-20(27)15-7-5-14(6-8-15)13-25-11-3-4-19(25)26/h5-10,12H,3-4,11,13H2,1-2H3,(H,22,27). The smallest absolute Gasteiger partial charge is 0.328 e. The number of anilines is 1. The van der Waals surface area contributed by atoms with Crippen molar-refractivity contribution in [2.24, 2.45) is 14.1 Å². The summed E-state index contributed by atoms with van der Waals surface area (Å²) < 4.78 is 3.13. The van der Waals surface area contributed by atoms with Gasteiger partial charge in [-0.25, -0.2) is 4.79 Å². The summed E-state index contributed by atoms with van der Waals surface area (Å²) in [7, 11) is 3.43. The molecule has 0 aliphatic carbocycles. The van der Waals surface area contributed by atoms with Crippen LogP contribution >= 0.6 is 0 Å². The quantitative estimate of drug-likeness (QED) is 0.757. The second-order valence-electron chi connectivity index (χ2n) is 7.17. The highest BCUT2D eigenvalue weighted by Gasteiger charge is 2.20. The van der Waals surface area contributed by atoms with Gasteiger partial charge >= 0.3 is 5.69 Å². The molecule has 28 heavy (non-hydrogen) atoms.